The molecule has 0 aromatic heterocycles. The first kappa shape index (κ1) is 10.4. The van der Waals surface area contributed by atoms with Gasteiger partial charge < -0.3 is 20.6 Å². The number of rotatable bonds is 3. The lowest BCUT2D eigenvalue weighted by Gasteiger charge is -2.32. The van der Waals surface area contributed by atoms with E-state index in [0.29, 0.717) is 6.04 Å². The van der Waals surface area contributed by atoms with Crippen LogP contribution < -0.4 is 10.6 Å². The number of nitrogens with one attached hydrogen (secondary N) is 2. The van der Waals surface area contributed by atoms with Crippen molar-refractivity contribution in [3.05, 3.63) is 0 Å². The van der Waals surface area contributed by atoms with Crippen LogP contribution in [-0.4, -0.2) is 61.4 Å². The number of hydrogen-bond acceptors (Lipinski definition) is 4. The lowest BCUT2D eigenvalue weighted by Crippen LogP contribution is -2.58. The second-order valence-corrected chi connectivity index (χ2v) is 4.40. The summed E-state index contributed by atoms with van der Waals surface area (Å²) < 4.78 is 0. The molecular weight excluding hydrogens is 178 g/mol. The molecule has 0 amide bonds. The van der Waals surface area contributed by atoms with Crippen molar-refractivity contribution in [1.29, 1.82) is 0 Å². The maximum atomic E-state index is 8.95. The average molecular weight is 199 g/mol. The average Bonchev–Trinajstić information content (AvgIpc) is 2.72. The summed E-state index contributed by atoms with van der Waals surface area (Å²) >= 11 is 0. The van der Waals surface area contributed by atoms with Crippen molar-refractivity contribution in [2.24, 2.45) is 0 Å². The van der Waals surface area contributed by atoms with E-state index in [-0.39, 0.29) is 12.6 Å². The second-order valence-electron chi connectivity index (χ2n) is 4.40. The van der Waals surface area contributed by atoms with Gasteiger partial charge in [-0.15, -0.1) is 0 Å². The summed E-state index contributed by atoms with van der Waals surface area (Å²) in [6, 6.07) is 0.820. The van der Waals surface area contributed by atoms with Gasteiger partial charge in [-0.1, -0.05) is 0 Å². The van der Waals surface area contributed by atoms with E-state index in [9.17, 15) is 0 Å². The van der Waals surface area contributed by atoms with E-state index in [1.165, 1.54) is 25.9 Å². The Morgan fingerprint density at radius 1 is 1.07 bits per heavy atom. The van der Waals surface area contributed by atoms with Crippen LogP contribution in [0.1, 0.15) is 12.8 Å². The SMILES string of the molecule is OCC1CNC(CN2CCCC2)CN1. The Labute approximate surface area is 85.7 Å². The molecule has 0 bridgehead atoms. The lowest BCUT2D eigenvalue weighted by molar-refractivity contribution is 0.195. The molecule has 2 saturated heterocycles. The highest BCUT2D eigenvalue weighted by molar-refractivity contribution is 4.85. The summed E-state index contributed by atoms with van der Waals surface area (Å²) in [7, 11) is 0. The monoisotopic (exact) mass is 199 g/mol. The van der Waals surface area contributed by atoms with Crippen LogP contribution in [0.15, 0.2) is 0 Å². The minimum Gasteiger partial charge on any atom is -0.395 e. The third-order valence-corrected chi connectivity index (χ3v) is 3.20. The zero-order valence-corrected chi connectivity index (χ0v) is 8.71. The zero-order chi connectivity index (χ0) is 9.80. The van der Waals surface area contributed by atoms with Gasteiger partial charge in [0.1, 0.15) is 0 Å². The molecule has 2 atom stereocenters. The molecule has 82 valence electrons. The largest absolute Gasteiger partial charge is 0.395 e. The number of aliphatic hydroxyl groups is 1. The fourth-order valence-electron chi connectivity index (χ4n) is 2.30. The van der Waals surface area contributed by atoms with E-state index < -0.39 is 0 Å². The molecule has 2 unspecified atom stereocenters. The third kappa shape index (κ3) is 2.67. The molecule has 14 heavy (non-hydrogen) atoms. The molecule has 2 aliphatic rings. The Morgan fingerprint density at radius 2 is 1.71 bits per heavy atom. The molecule has 0 aromatic rings. The molecule has 4 nitrogen and oxygen atoms in total. The first-order valence-electron chi connectivity index (χ1n) is 5.68. The summed E-state index contributed by atoms with van der Waals surface area (Å²) in [5, 5.41) is 15.8. The van der Waals surface area contributed by atoms with E-state index in [1.54, 1.807) is 0 Å². The highest BCUT2D eigenvalue weighted by Gasteiger charge is 2.22. The Balaban J connectivity index is 1.67. The van der Waals surface area contributed by atoms with Gasteiger partial charge in [-0.05, 0) is 25.9 Å². The molecule has 3 N–H and O–H groups in total. The minimum atomic E-state index is 0.240. The van der Waals surface area contributed by atoms with Crippen LogP contribution in [0.5, 0.6) is 0 Å². The topological polar surface area (TPSA) is 47.5 Å². The Kier molecular flexibility index (Phi) is 3.75. The van der Waals surface area contributed by atoms with E-state index in [2.05, 4.69) is 15.5 Å². The van der Waals surface area contributed by atoms with Gasteiger partial charge in [0.15, 0.2) is 0 Å². The third-order valence-electron chi connectivity index (χ3n) is 3.20. The smallest absolute Gasteiger partial charge is 0.0597 e. The van der Waals surface area contributed by atoms with Gasteiger partial charge in [0.25, 0.3) is 0 Å². The highest BCUT2D eigenvalue weighted by Crippen LogP contribution is 2.08. The highest BCUT2D eigenvalue weighted by atomic mass is 16.3. The molecule has 2 rings (SSSR count). The number of hydrogen-bond donors (Lipinski definition) is 3. The molecule has 0 aromatic carbocycles. The van der Waals surface area contributed by atoms with Crippen LogP contribution in [0.2, 0.25) is 0 Å². The number of aliphatic hydroxyl groups excluding tert-OH is 1. The molecule has 2 aliphatic heterocycles. The summed E-state index contributed by atoms with van der Waals surface area (Å²) in [5.41, 5.74) is 0. The maximum Gasteiger partial charge on any atom is 0.0597 e. The first-order chi connectivity index (χ1) is 6.88. The van der Waals surface area contributed by atoms with Crippen molar-refractivity contribution in [2.75, 3.05) is 39.3 Å². The van der Waals surface area contributed by atoms with Gasteiger partial charge in [0.05, 0.1) is 6.61 Å². The van der Waals surface area contributed by atoms with E-state index >= 15 is 0 Å². The standard InChI is InChI=1S/C10H21N3O/c14-8-10-6-11-9(5-12-10)7-13-3-1-2-4-13/h9-12,14H,1-8H2. The van der Waals surface area contributed by atoms with Gasteiger partial charge in [0.2, 0.25) is 0 Å². The number of nitrogens with zero attached hydrogens (tertiary/aromatic N) is 1. The van der Waals surface area contributed by atoms with Crippen LogP contribution in [0.4, 0.5) is 0 Å². The predicted molar refractivity (Wildman–Crippen MR) is 56.3 cm³/mol. The van der Waals surface area contributed by atoms with E-state index in [0.717, 1.165) is 19.6 Å². The molecule has 0 spiro atoms. The second kappa shape index (κ2) is 5.07. The van der Waals surface area contributed by atoms with Crippen LogP contribution in [0, 0.1) is 0 Å². The lowest BCUT2D eigenvalue weighted by atomic mass is 10.1. The van der Waals surface area contributed by atoms with Crippen molar-refractivity contribution in [2.45, 2.75) is 24.9 Å². The Bertz CT molecular complexity index is 163. The molecule has 2 fully saturated rings. The molecular formula is C10H21N3O. The van der Waals surface area contributed by atoms with Gasteiger partial charge >= 0.3 is 0 Å². The van der Waals surface area contributed by atoms with Crippen molar-refractivity contribution < 1.29 is 5.11 Å². The molecule has 4 heteroatoms. The van der Waals surface area contributed by atoms with Gasteiger partial charge in [-0.2, -0.15) is 0 Å². The van der Waals surface area contributed by atoms with Gasteiger partial charge in [-0.3, -0.25) is 0 Å². The fourth-order valence-corrected chi connectivity index (χ4v) is 2.30. The van der Waals surface area contributed by atoms with Crippen molar-refractivity contribution in [3.63, 3.8) is 0 Å². The minimum absolute atomic E-state index is 0.240. The summed E-state index contributed by atoms with van der Waals surface area (Å²) in [4.78, 5) is 2.53. The van der Waals surface area contributed by atoms with Gasteiger partial charge in [-0.25, -0.2) is 0 Å². The Hall–Kier alpha value is -0.160. The van der Waals surface area contributed by atoms with E-state index in [1.807, 2.05) is 0 Å². The molecule has 2 heterocycles. The zero-order valence-electron chi connectivity index (χ0n) is 8.71. The van der Waals surface area contributed by atoms with Crippen LogP contribution in [0.25, 0.3) is 0 Å². The normalized spacial score (nSPS) is 34.9. The maximum absolute atomic E-state index is 8.95. The van der Waals surface area contributed by atoms with E-state index in [4.69, 9.17) is 5.11 Å². The van der Waals surface area contributed by atoms with Crippen LogP contribution >= 0.6 is 0 Å². The summed E-state index contributed by atoms with van der Waals surface area (Å²) in [6.45, 7) is 5.81. The van der Waals surface area contributed by atoms with Crippen molar-refractivity contribution in [1.82, 2.24) is 15.5 Å². The number of likely N-dealkylation sites (tertiary alicyclic amines) is 1. The quantitative estimate of drug-likeness (QED) is 0.546. The molecule has 0 saturated carbocycles. The van der Waals surface area contributed by atoms with Crippen molar-refractivity contribution in [3.8, 4) is 0 Å². The van der Waals surface area contributed by atoms with Crippen molar-refractivity contribution >= 4 is 0 Å². The summed E-state index contributed by atoms with van der Waals surface area (Å²) in [6.07, 6.45) is 2.72. The molecule has 0 aliphatic carbocycles. The molecule has 0 radical (unpaired) electrons. The first-order valence-corrected chi connectivity index (χ1v) is 5.68. The Morgan fingerprint density at radius 3 is 2.29 bits per heavy atom. The fraction of sp³-hybridized carbons (Fsp3) is 1.00. The summed E-state index contributed by atoms with van der Waals surface area (Å²) in [5.74, 6) is 0. The van der Waals surface area contributed by atoms with Gasteiger partial charge in [0, 0.05) is 31.7 Å². The predicted octanol–water partition coefficient (Wildman–Crippen LogP) is -0.995. The number of piperazine rings is 1. The van der Waals surface area contributed by atoms with Crippen LogP contribution in [0.3, 0.4) is 0 Å². The van der Waals surface area contributed by atoms with Crippen LogP contribution in [-0.2, 0) is 0 Å².